The average molecular weight is 142 g/mol. The molecule has 1 rings (SSSR count). The Morgan fingerprint density at radius 1 is 1.80 bits per heavy atom. The molecule has 1 radical (unpaired) electrons. The van der Waals surface area contributed by atoms with E-state index in [1.165, 1.54) is 7.11 Å². The summed E-state index contributed by atoms with van der Waals surface area (Å²) in [4.78, 5) is 10.7. The largest absolute Gasteiger partial charge is 0.469 e. The highest BCUT2D eigenvalue weighted by molar-refractivity contribution is 5.69. The van der Waals surface area contributed by atoms with Crippen LogP contribution in [0.25, 0.3) is 0 Å². The van der Waals surface area contributed by atoms with E-state index in [4.69, 9.17) is 0 Å². The van der Waals surface area contributed by atoms with Gasteiger partial charge in [-0.15, -0.1) is 0 Å². The summed E-state index contributed by atoms with van der Waals surface area (Å²) in [7, 11) is 1.43. The van der Waals surface area contributed by atoms with Crippen LogP contribution in [0.1, 0.15) is 12.8 Å². The molecule has 1 aliphatic heterocycles. The van der Waals surface area contributed by atoms with Gasteiger partial charge in [-0.1, -0.05) is 0 Å². The molecule has 1 atom stereocenters. The van der Waals surface area contributed by atoms with E-state index in [9.17, 15) is 4.79 Å². The molecular weight excluding hydrogens is 130 g/mol. The van der Waals surface area contributed by atoms with Crippen LogP contribution in [-0.2, 0) is 9.53 Å². The van der Waals surface area contributed by atoms with Crippen molar-refractivity contribution in [2.75, 3.05) is 20.2 Å². The van der Waals surface area contributed by atoms with Crippen LogP contribution in [0.5, 0.6) is 0 Å². The fraction of sp³-hybridized carbons (Fsp3) is 0.857. The molecule has 0 spiro atoms. The van der Waals surface area contributed by atoms with E-state index < -0.39 is 0 Å². The zero-order valence-electron chi connectivity index (χ0n) is 6.17. The summed E-state index contributed by atoms with van der Waals surface area (Å²) in [6.07, 6.45) is 1.59. The molecule has 0 amide bonds. The van der Waals surface area contributed by atoms with Crippen molar-refractivity contribution in [1.29, 1.82) is 0 Å². The molecule has 1 unspecified atom stereocenters. The Hall–Kier alpha value is -0.570. The molecule has 0 bridgehead atoms. The third-order valence-electron chi connectivity index (χ3n) is 1.77. The number of ether oxygens (including phenoxy) is 1. The topological polar surface area (TPSA) is 40.4 Å². The summed E-state index contributed by atoms with van der Waals surface area (Å²) in [5.41, 5.74) is 0. The highest BCUT2D eigenvalue weighted by atomic mass is 16.5. The lowest BCUT2D eigenvalue weighted by Crippen LogP contribution is -2.10. The van der Waals surface area contributed by atoms with Gasteiger partial charge < -0.3 is 4.74 Å². The predicted octanol–water partition coefficient (Wildman–Crippen LogP) is 0.174. The minimum Gasteiger partial charge on any atom is -0.469 e. The standard InChI is InChI=1S/C7H12NO2/c1-10-7(9)4-6-2-3-8-5-6/h6H,2-5H2,1H3. The Kier molecular flexibility index (Phi) is 2.68. The van der Waals surface area contributed by atoms with Crippen molar-refractivity contribution < 1.29 is 9.53 Å². The van der Waals surface area contributed by atoms with Crippen LogP contribution >= 0.6 is 0 Å². The first-order valence-corrected chi connectivity index (χ1v) is 3.53. The second kappa shape index (κ2) is 3.56. The van der Waals surface area contributed by atoms with Crippen molar-refractivity contribution >= 4 is 5.97 Å². The number of methoxy groups -OCH3 is 1. The monoisotopic (exact) mass is 142 g/mol. The van der Waals surface area contributed by atoms with Crippen molar-refractivity contribution in [2.45, 2.75) is 12.8 Å². The van der Waals surface area contributed by atoms with Crippen LogP contribution in [0.2, 0.25) is 0 Å². The quantitative estimate of drug-likeness (QED) is 0.516. The molecular formula is C7H12NO2. The van der Waals surface area contributed by atoms with Gasteiger partial charge in [0.15, 0.2) is 0 Å². The second-order valence-corrected chi connectivity index (χ2v) is 2.56. The van der Waals surface area contributed by atoms with Crippen molar-refractivity contribution in [3.63, 3.8) is 0 Å². The van der Waals surface area contributed by atoms with Crippen molar-refractivity contribution in [1.82, 2.24) is 5.32 Å². The molecule has 3 heteroatoms. The van der Waals surface area contributed by atoms with E-state index in [0.717, 1.165) is 19.5 Å². The van der Waals surface area contributed by atoms with Gasteiger partial charge in [0.1, 0.15) is 0 Å². The third kappa shape index (κ3) is 1.99. The fourth-order valence-electron chi connectivity index (χ4n) is 1.12. The van der Waals surface area contributed by atoms with Gasteiger partial charge in [-0.2, -0.15) is 0 Å². The van der Waals surface area contributed by atoms with Gasteiger partial charge in [0, 0.05) is 19.5 Å². The summed E-state index contributed by atoms with van der Waals surface area (Å²) < 4.78 is 4.53. The zero-order chi connectivity index (χ0) is 7.40. The summed E-state index contributed by atoms with van der Waals surface area (Å²) in [6.45, 7) is 1.76. The van der Waals surface area contributed by atoms with Crippen molar-refractivity contribution in [3.8, 4) is 0 Å². The van der Waals surface area contributed by atoms with Crippen LogP contribution in [-0.4, -0.2) is 26.2 Å². The van der Waals surface area contributed by atoms with Gasteiger partial charge in [-0.05, 0) is 12.3 Å². The first-order chi connectivity index (χ1) is 4.83. The van der Waals surface area contributed by atoms with Crippen molar-refractivity contribution in [3.05, 3.63) is 0 Å². The minimum absolute atomic E-state index is 0.109. The maximum atomic E-state index is 10.7. The maximum absolute atomic E-state index is 10.7. The van der Waals surface area contributed by atoms with Crippen LogP contribution < -0.4 is 5.32 Å². The number of hydrogen-bond donors (Lipinski definition) is 0. The first-order valence-electron chi connectivity index (χ1n) is 3.53. The molecule has 0 saturated carbocycles. The van der Waals surface area contributed by atoms with E-state index in [1.54, 1.807) is 0 Å². The fourth-order valence-corrected chi connectivity index (χ4v) is 1.12. The lowest BCUT2D eigenvalue weighted by Gasteiger charge is -2.03. The highest BCUT2D eigenvalue weighted by Gasteiger charge is 2.18. The molecule has 10 heavy (non-hydrogen) atoms. The molecule has 0 aromatic rings. The van der Waals surface area contributed by atoms with E-state index in [1.807, 2.05) is 0 Å². The number of hydrogen-bond acceptors (Lipinski definition) is 2. The lowest BCUT2D eigenvalue weighted by atomic mass is 10.1. The molecule has 1 saturated heterocycles. The Balaban J connectivity index is 2.17. The summed E-state index contributed by atoms with van der Waals surface area (Å²) in [5, 5.41) is 4.14. The smallest absolute Gasteiger partial charge is 0.305 e. The lowest BCUT2D eigenvalue weighted by molar-refractivity contribution is -0.141. The van der Waals surface area contributed by atoms with Crippen LogP contribution in [0, 0.1) is 5.92 Å². The molecule has 0 N–H and O–H groups in total. The predicted molar refractivity (Wildman–Crippen MR) is 36.6 cm³/mol. The SMILES string of the molecule is COC(=O)CC1CC[N]C1. The van der Waals surface area contributed by atoms with Crippen molar-refractivity contribution in [2.24, 2.45) is 5.92 Å². The normalized spacial score (nSPS) is 24.7. The van der Waals surface area contributed by atoms with E-state index in [-0.39, 0.29) is 5.97 Å². The van der Waals surface area contributed by atoms with Crippen LogP contribution in [0.4, 0.5) is 0 Å². The molecule has 0 aromatic carbocycles. The Labute approximate surface area is 60.7 Å². The van der Waals surface area contributed by atoms with Gasteiger partial charge >= 0.3 is 5.97 Å². The molecule has 1 aliphatic rings. The number of carbonyl (C=O) groups excluding carboxylic acids is 1. The minimum atomic E-state index is -0.109. The van der Waals surface area contributed by atoms with E-state index in [0.29, 0.717) is 12.3 Å². The molecule has 0 aliphatic carbocycles. The van der Waals surface area contributed by atoms with Gasteiger partial charge in [-0.3, -0.25) is 4.79 Å². The Morgan fingerprint density at radius 2 is 2.60 bits per heavy atom. The second-order valence-electron chi connectivity index (χ2n) is 2.56. The highest BCUT2D eigenvalue weighted by Crippen LogP contribution is 2.13. The van der Waals surface area contributed by atoms with E-state index in [2.05, 4.69) is 10.1 Å². The van der Waals surface area contributed by atoms with Crippen LogP contribution in [0.3, 0.4) is 0 Å². The summed E-state index contributed by atoms with van der Waals surface area (Å²) in [5.74, 6) is 0.342. The number of rotatable bonds is 2. The first kappa shape index (κ1) is 7.54. The Bertz CT molecular complexity index is 119. The number of nitrogens with zero attached hydrogens (tertiary/aromatic N) is 1. The zero-order valence-corrected chi connectivity index (χ0v) is 6.17. The third-order valence-corrected chi connectivity index (χ3v) is 1.77. The molecule has 1 fully saturated rings. The average Bonchev–Trinajstić information content (AvgIpc) is 2.40. The summed E-state index contributed by atoms with van der Waals surface area (Å²) >= 11 is 0. The van der Waals surface area contributed by atoms with Gasteiger partial charge in [0.2, 0.25) is 0 Å². The molecule has 1 heterocycles. The maximum Gasteiger partial charge on any atom is 0.305 e. The van der Waals surface area contributed by atoms with Gasteiger partial charge in [0.25, 0.3) is 0 Å². The molecule has 0 aromatic heterocycles. The molecule has 3 nitrogen and oxygen atoms in total. The number of carbonyl (C=O) groups is 1. The Morgan fingerprint density at radius 3 is 3.10 bits per heavy atom. The number of esters is 1. The van der Waals surface area contributed by atoms with E-state index >= 15 is 0 Å². The van der Waals surface area contributed by atoms with Crippen LogP contribution in [0.15, 0.2) is 0 Å². The summed E-state index contributed by atoms with van der Waals surface area (Å²) in [6, 6.07) is 0. The van der Waals surface area contributed by atoms with Gasteiger partial charge in [0.05, 0.1) is 7.11 Å². The van der Waals surface area contributed by atoms with Gasteiger partial charge in [-0.25, -0.2) is 5.32 Å². The molecule has 57 valence electrons.